The first-order valence-electron chi connectivity index (χ1n) is 6.86. The molecule has 2 rings (SSSR count). The highest BCUT2D eigenvalue weighted by atomic mass is 31.2. The maximum Gasteiger partial charge on any atom is 0.335 e. The molecule has 7 nitrogen and oxygen atoms in total. The van der Waals surface area contributed by atoms with Crippen LogP contribution in [0.1, 0.15) is 17.2 Å². The van der Waals surface area contributed by atoms with Crippen LogP contribution in [0.4, 0.5) is 5.69 Å². The lowest BCUT2D eigenvalue weighted by molar-refractivity contribution is -0.523. The summed E-state index contributed by atoms with van der Waals surface area (Å²) in [6.45, 7) is -0.0873. The van der Waals surface area contributed by atoms with Gasteiger partial charge >= 0.3 is 7.60 Å². The van der Waals surface area contributed by atoms with Crippen molar-refractivity contribution in [2.24, 2.45) is 0 Å². The SMILES string of the molecule is Nc1cccc(C(CP(=O)(O)OCc2ccccc2)[N+](=O)[O-])c1. The van der Waals surface area contributed by atoms with Crippen molar-refractivity contribution in [3.8, 4) is 0 Å². The zero-order valence-electron chi connectivity index (χ0n) is 12.2. The second-order valence-corrected chi connectivity index (χ2v) is 6.95. The number of rotatable bonds is 7. The van der Waals surface area contributed by atoms with E-state index in [0.29, 0.717) is 11.3 Å². The summed E-state index contributed by atoms with van der Waals surface area (Å²) in [6, 6.07) is 13.5. The molecule has 0 bridgehead atoms. The number of anilines is 1. The number of hydrogen-bond donors (Lipinski definition) is 2. The summed E-state index contributed by atoms with van der Waals surface area (Å²) in [5.74, 6) is 0. The normalized spacial score (nSPS) is 14.8. The summed E-state index contributed by atoms with van der Waals surface area (Å²) in [7, 11) is -4.13. The summed E-state index contributed by atoms with van der Waals surface area (Å²) in [6.07, 6.45) is -0.615. The average Bonchev–Trinajstić information content (AvgIpc) is 2.52. The number of nitro groups is 1. The molecule has 0 amide bonds. The molecule has 122 valence electrons. The predicted molar refractivity (Wildman–Crippen MR) is 86.5 cm³/mol. The average molecular weight is 336 g/mol. The minimum atomic E-state index is -4.13. The third-order valence-electron chi connectivity index (χ3n) is 3.23. The van der Waals surface area contributed by atoms with Crippen LogP contribution in [0.5, 0.6) is 0 Å². The zero-order chi connectivity index (χ0) is 16.9. The standard InChI is InChI=1S/C15H17N2O5P/c16-14-8-4-7-13(9-14)15(17(18)19)11-23(20,21)22-10-12-5-2-1-3-6-12/h1-9,15H,10-11,16H2,(H,20,21). The number of nitrogens with two attached hydrogens (primary N) is 1. The van der Waals surface area contributed by atoms with Crippen molar-refractivity contribution in [1.29, 1.82) is 0 Å². The third-order valence-corrected chi connectivity index (χ3v) is 4.57. The van der Waals surface area contributed by atoms with Crippen molar-refractivity contribution in [3.63, 3.8) is 0 Å². The minimum absolute atomic E-state index is 0.0873. The molecule has 0 fully saturated rings. The Morgan fingerprint density at radius 3 is 2.52 bits per heavy atom. The first-order chi connectivity index (χ1) is 10.9. The number of nitrogen functional groups attached to an aromatic ring is 1. The van der Waals surface area contributed by atoms with E-state index in [2.05, 4.69) is 0 Å². The topological polar surface area (TPSA) is 116 Å². The van der Waals surface area contributed by atoms with Crippen LogP contribution in [-0.2, 0) is 15.7 Å². The van der Waals surface area contributed by atoms with Gasteiger partial charge in [0.1, 0.15) is 6.16 Å². The number of benzene rings is 2. The summed E-state index contributed by atoms with van der Waals surface area (Å²) in [5.41, 5.74) is 6.95. The molecule has 0 saturated heterocycles. The summed E-state index contributed by atoms with van der Waals surface area (Å²) in [5, 5.41) is 11.2. The number of nitrogens with zero attached hydrogens (tertiary/aromatic N) is 1. The van der Waals surface area contributed by atoms with Crippen molar-refractivity contribution < 1.29 is 18.9 Å². The van der Waals surface area contributed by atoms with E-state index in [-0.39, 0.29) is 12.2 Å². The van der Waals surface area contributed by atoms with Gasteiger partial charge in [-0.1, -0.05) is 42.5 Å². The molecule has 8 heteroatoms. The van der Waals surface area contributed by atoms with Gasteiger partial charge < -0.3 is 15.2 Å². The first kappa shape index (κ1) is 17.1. The molecular weight excluding hydrogens is 319 g/mol. The lowest BCUT2D eigenvalue weighted by Crippen LogP contribution is -2.16. The highest BCUT2D eigenvalue weighted by Gasteiger charge is 2.34. The molecule has 0 radical (unpaired) electrons. The fourth-order valence-corrected chi connectivity index (χ4v) is 3.32. The maximum atomic E-state index is 12.2. The van der Waals surface area contributed by atoms with Gasteiger partial charge in [0.25, 0.3) is 0 Å². The van der Waals surface area contributed by atoms with Crippen molar-refractivity contribution >= 4 is 13.3 Å². The fourth-order valence-electron chi connectivity index (χ4n) is 2.08. The van der Waals surface area contributed by atoms with Gasteiger partial charge in [0.2, 0.25) is 6.04 Å². The lowest BCUT2D eigenvalue weighted by atomic mass is 10.1. The van der Waals surface area contributed by atoms with Crippen molar-refractivity contribution in [3.05, 3.63) is 75.8 Å². The molecule has 0 aliphatic heterocycles. The molecule has 0 aromatic heterocycles. The fraction of sp³-hybridized carbons (Fsp3) is 0.200. The Labute approximate surface area is 133 Å². The predicted octanol–water partition coefficient (Wildman–Crippen LogP) is 2.99. The largest absolute Gasteiger partial charge is 0.399 e. The van der Waals surface area contributed by atoms with Crippen LogP contribution in [0.25, 0.3) is 0 Å². The monoisotopic (exact) mass is 336 g/mol. The van der Waals surface area contributed by atoms with Crippen LogP contribution < -0.4 is 5.73 Å². The minimum Gasteiger partial charge on any atom is -0.399 e. The van der Waals surface area contributed by atoms with E-state index in [1.165, 1.54) is 12.1 Å². The van der Waals surface area contributed by atoms with Crippen LogP contribution in [0, 0.1) is 10.1 Å². The van der Waals surface area contributed by atoms with Gasteiger partial charge in [-0.15, -0.1) is 0 Å². The van der Waals surface area contributed by atoms with Gasteiger partial charge in [-0.2, -0.15) is 0 Å². The van der Waals surface area contributed by atoms with Gasteiger partial charge in [0.15, 0.2) is 0 Å². The molecule has 23 heavy (non-hydrogen) atoms. The van der Waals surface area contributed by atoms with E-state index in [4.69, 9.17) is 10.3 Å². The third kappa shape index (κ3) is 5.17. The smallest absolute Gasteiger partial charge is 0.335 e. The van der Waals surface area contributed by atoms with Crippen molar-refractivity contribution in [2.45, 2.75) is 12.6 Å². The summed E-state index contributed by atoms with van der Waals surface area (Å²) in [4.78, 5) is 20.6. The molecule has 0 aliphatic carbocycles. The molecule has 3 N–H and O–H groups in total. The molecule has 0 heterocycles. The van der Waals surface area contributed by atoms with Crippen molar-refractivity contribution in [2.75, 3.05) is 11.9 Å². The molecule has 2 atom stereocenters. The van der Waals surface area contributed by atoms with E-state index in [1.807, 2.05) is 6.07 Å². The number of hydrogen-bond acceptors (Lipinski definition) is 5. The lowest BCUT2D eigenvalue weighted by Gasteiger charge is -2.15. The highest BCUT2D eigenvalue weighted by molar-refractivity contribution is 7.52. The second-order valence-electron chi connectivity index (χ2n) is 5.05. The Morgan fingerprint density at radius 1 is 1.22 bits per heavy atom. The van der Waals surface area contributed by atoms with Crippen LogP contribution in [0.2, 0.25) is 0 Å². The second kappa shape index (κ2) is 7.37. The molecule has 2 aromatic carbocycles. The van der Waals surface area contributed by atoms with Crippen molar-refractivity contribution in [1.82, 2.24) is 0 Å². The van der Waals surface area contributed by atoms with Crippen LogP contribution in [-0.4, -0.2) is 16.0 Å². The molecule has 0 spiro atoms. The quantitative estimate of drug-likeness (QED) is 0.347. The van der Waals surface area contributed by atoms with Crippen LogP contribution in [0.15, 0.2) is 54.6 Å². The van der Waals surface area contributed by atoms with E-state index >= 15 is 0 Å². The molecule has 0 saturated carbocycles. The van der Waals surface area contributed by atoms with Gasteiger partial charge in [-0.05, 0) is 17.7 Å². The Morgan fingerprint density at radius 2 is 1.91 bits per heavy atom. The van der Waals surface area contributed by atoms with Gasteiger partial charge in [-0.3, -0.25) is 14.7 Å². The first-order valence-corrected chi connectivity index (χ1v) is 8.63. The van der Waals surface area contributed by atoms with Crippen LogP contribution in [0.3, 0.4) is 0 Å². The molecule has 2 unspecified atom stereocenters. The van der Waals surface area contributed by atoms with Crippen LogP contribution >= 0.6 is 7.60 Å². The van der Waals surface area contributed by atoms with E-state index in [1.54, 1.807) is 36.4 Å². The molecule has 0 aliphatic rings. The van der Waals surface area contributed by atoms with E-state index < -0.39 is 24.7 Å². The van der Waals surface area contributed by atoms with Gasteiger partial charge in [0, 0.05) is 16.2 Å². The Balaban J connectivity index is 2.09. The molecular formula is C15H17N2O5P. The zero-order valence-corrected chi connectivity index (χ0v) is 13.1. The van der Waals surface area contributed by atoms with E-state index in [9.17, 15) is 19.6 Å². The summed E-state index contributed by atoms with van der Waals surface area (Å²) >= 11 is 0. The Kier molecular flexibility index (Phi) is 5.50. The maximum absolute atomic E-state index is 12.2. The highest BCUT2D eigenvalue weighted by Crippen LogP contribution is 2.47. The molecule has 2 aromatic rings. The van der Waals surface area contributed by atoms with Gasteiger partial charge in [-0.25, -0.2) is 0 Å². The summed E-state index contributed by atoms with van der Waals surface area (Å²) < 4.78 is 17.2. The Bertz CT molecular complexity index is 723. The van der Waals surface area contributed by atoms with Gasteiger partial charge in [0.05, 0.1) is 6.61 Å². The Hall–Kier alpha value is -2.21. The van der Waals surface area contributed by atoms with E-state index in [0.717, 1.165) is 0 Å².